The van der Waals surface area contributed by atoms with Gasteiger partial charge in [0.05, 0.1) is 6.10 Å². The third-order valence-corrected chi connectivity index (χ3v) is 3.05. The summed E-state index contributed by atoms with van der Waals surface area (Å²) < 4.78 is 5.15. The molecule has 1 heterocycles. The lowest BCUT2D eigenvalue weighted by atomic mass is 9.97. The molecule has 0 aliphatic carbocycles. The molecule has 0 bridgehead atoms. The lowest BCUT2D eigenvalue weighted by Crippen LogP contribution is -2.39. The van der Waals surface area contributed by atoms with Crippen LogP contribution >= 0.6 is 0 Å². The highest BCUT2D eigenvalue weighted by atomic mass is 16.5. The van der Waals surface area contributed by atoms with Gasteiger partial charge in [0, 0.05) is 20.3 Å². The highest BCUT2D eigenvalue weighted by Crippen LogP contribution is 2.17. The van der Waals surface area contributed by atoms with Crippen LogP contribution in [0.1, 0.15) is 26.2 Å². The Morgan fingerprint density at radius 3 is 2.57 bits per heavy atom. The second-order valence-corrected chi connectivity index (χ2v) is 4.26. The Balaban J connectivity index is 2.15. The molecule has 1 atom stereocenters. The standard InChI is InChI=1S/C11H23NO2/c1-3-11(13)8-12-6-4-10(5-7-12)9-14-2/h10-11,13H,3-9H2,1-2H3. The molecule has 1 saturated heterocycles. The molecule has 0 saturated carbocycles. The Bertz CT molecular complexity index is 144. The second-order valence-electron chi connectivity index (χ2n) is 4.26. The van der Waals surface area contributed by atoms with E-state index in [2.05, 4.69) is 4.90 Å². The van der Waals surface area contributed by atoms with Crippen molar-refractivity contribution < 1.29 is 9.84 Å². The van der Waals surface area contributed by atoms with E-state index in [1.807, 2.05) is 6.92 Å². The number of likely N-dealkylation sites (tertiary alicyclic amines) is 1. The molecule has 0 aromatic rings. The molecule has 0 amide bonds. The summed E-state index contributed by atoms with van der Waals surface area (Å²) in [5.41, 5.74) is 0. The maximum absolute atomic E-state index is 9.51. The van der Waals surface area contributed by atoms with Crippen LogP contribution in [0.25, 0.3) is 0 Å². The van der Waals surface area contributed by atoms with Gasteiger partial charge in [-0.05, 0) is 38.3 Å². The summed E-state index contributed by atoms with van der Waals surface area (Å²) in [7, 11) is 1.77. The van der Waals surface area contributed by atoms with Gasteiger partial charge in [-0.2, -0.15) is 0 Å². The molecule has 1 N–H and O–H groups in total. The van der Waals surface area contributed by atoms with Crippen LogP contribution in [0.3, 0.4) is 0 Å². The quantitative estimate of drug-likeness (QED) is 0.723. The van der Waals surface area contributed by atoms with Crippen LogP contribution in [0.2, 0.25) is 0 Å². The summed E-state index contributed by atoms with van der Waals surface area (Å²) in [6.45, 7) is 6.00. The first-order valence-electron chi connectivity index (χ1n) is 5.65. The van der Waals surface area contributed by atoms with Crippen LogP contribution in [0.15, 0.2) is 0 Å². The van der Waals surface area contributed by atoms with E-state index in [1.165, 1.54) is 12.8 Å². The molecule has 3 nitrogen and oxygen atoms in total. The minimum atomic E-state index is -0.144. The molecule has 1 aliphatic heterocycles. The van der Waals surface area contributed by atoms with Gasteiger partial charge in [-0.15, -0.1) is 0 Å². The van der Waals surface area contributed by atoms with Crippen LogP contribution in [0.5, 0.6) is 0 Å². The number of hydrogen-bond acceptors (Lipinski definition) is 3. The molecule has 14 heavy (non-hydrogen) atoms. The van der Waals surface area contributed by atoms with Crippen LogP contribution in [-0.4, -0.2) is 49.5 Å². The molecule has 1 unspecified atom stereocenters. The number of methoxy groups -OCH3 is 1. The van der Waals surface area contributed by atoms with E-state index < -0.39 is 0 Å². The average molecular weight is 201 g/mol. The average Bonchev–Trinajstić information content (AvgIpc) is 2.21. The number of β-amino-alcohol motifs (C(OH)–C–C–N with tert-alkyl or cyclic N) is 1. The van der Waals surface area contributed by atoms with Gasteiger partial charge in [0.15, 0.2) is 0 Å². The molecule has 0 aromatic heterocycles. The Morgan fingerprint density at radius 1 is 1.43 bits per heavy atom. The first-order chi connectivity index (χ1) is 6.76. The summed E-state index contributed by atoms with van der Waals surface area (Å²) >= 11 is 0. The second kappa shape index (κ2) is 6.38. The van der Waals surface area contributed by atoms with Crippen LogP contribution in [0, 0.1) is 5.92 Å². The van der Waals surface area contributed by atoms with Gasteiger partial charge in [0.25, 0.3) is 0 Å². The number of aliphatic hydroxyl groups is 1. The SMILES string of the molecule is CCC(O)CN1CCC(COC)CC1. The normalized spacial score (nSPS) is 22.5. The number of piperidine rings is 1. The van der Waals surface area contributed by atoms with Crippen molar-refractivity contribution in [3.05, 3.63) is 0 Å². The summed E-state index contributed by atoms with van der Waals surface area (Å²) in [4.78, 5) is 2.36. The zero-order chi connectivity index (χ0) is 10.4. The Morgan fingerprint density at radius 2 is 2.07 bits per heavy atom. The Labute approximate surface area is 87.1 Å². The molecule has 1 rings (SSSR count). The maximum Gasteiger partial charge on any atom is 0.0664 e. The van der Waals surface area contributed by atoms with E-state index in [0.29, 0.717) is 0 Å². The number of hydrogen-bond donors (Lipinski definition) is 1. The Hall–Kier alpha value is -0.120. The lowest BCUT2D eigenvalue weighted by molar-refractivity contribution is 0.0646. The van der Waals surface area contributed by atoms with Gasteiger partial charge in [0.2, 0.25) is 0 Å². The molecule has 84 valence electrons. The van der Waals surface area contributed by atoms with Crippen molar-refractivity contribution >= 4 is 0 Å². The van der Waals surface area contributed by atoms with Gasteiger partial charge in [-0.25, -0.2) is 0 Å². The molecule has 1 fully saturated rings. The van der Waals surface area contributed by atoms with Gasteiger partial charge in [-0.1, -0.05) is 6.92 Å². The fourth-order valence-electron chi connectivity index (χ4n) is 2.00. The van der Waals surface area contributed by atoms with Crippen molar-refractivity contribution in [2.75, 3.05) is 33.4 Å². The maximum atomic E-state index is 9.51. The molecule has 0 aromatic carbocycles. The molecular formula is C11H23NO2. The van der Waals surface area contributed by atoms with E-state index >= 15 is 0 Å². The number of rotatable bonds is 5. The molecule has 1 aliphatic rings. The van der Waals surface area contributed by atoms with Crippen LogP contribution in [-0.2, 0) is 4.74 Å². The molecule has 0 spiro atoms. The first kappa shape index (κ1) is 12.0. The van der Waals surface area contributed by atoms with E-state index in [1.54, 1.807) is 7.11 Å². The Kier molecular flexibility index (Phi) is 5.45. The zero-order valence-corrected chi connectivity index (χ0v) is 9.41. The third-order valence-electron chi connectivity index (χ3n) is 3.05. The van der Waals surface area contributed by atoms with Crippen molar-refractivity contribution in [1.29, 1.82) is 0 Å². The van der Waals surface area contributed by atoms with Crippen molar-refractivity contribution in [2.45, 2.75) is 32.3 Å². The summed E-state index contributed by atoms with van der Waals surface area (Å²) in [5, 5.41) is 9.51. The number of nitrogens with zero attached hydrogens (tertiary/aromatic N) is 1. The van der Waals surface area contributed by atoms with Crippen molar-refractivity contribution in [1.82, 2.24) is 4.90 Å². The largest absolute Gasteiger partial charge is 0.392 e. The van der Waals surface area contributed by atoms with Crippen LogP contribution in [0.4, 0.5) is 0 Å². The smallest absolute Gasteiger partial charge is 0.0664 e. The first-order valence-corrected chi connectivity index (χ1v) is 5.65. The fourth-order valence-corrected chi connectivity index (χ4v) is 2.00. The van der Waals surface area contributed by atoms with Crippen molar-refractivity contribution in [2.24, 2.45) is 5.92 Å². The van der Waals surface area contributed by atoms with Gasteiger partial charge < -0.3 is 14.7 Å². The number of aliphatic hydroxyl groups excluding tert-OH is 1. The number of ether oxygens (including phenoxy) is 1. The molecule has 0 radical (unpaired) electrons. The van der Waals surface area contributed by atoms with Crippen LogP contribution < -0.4 is 0 Å². The van der Waals surface area contributed by atoms with Gasteiger partial charge >= 0.3 is 0 Å². The highest BCUT2D eigenvalue weighted by molar-refractivity contribution is 4.73. The summed E-state index contributed by atoms with van der Waals surface area (Å²) in [6.07, 6.45) is 3.14. The predicted molar refractivity (Wildman–Crippen MR) is 57.3 cm³/mol. The predicted octanol–water partition coefficient (Wildman–Crippen LogP) is 1.12. The van der Waals surface area contributed by atoms with Crippen molar-refractivity contribution in [3.63, 3.8) is 0 Å². The van der Waals surface area contributed by atoms with E-state index in [-0.39, 0.29) is 6.10 Å². The zero-order valence-electron chi connectivity index (χ0n) is 9.41. The van der Waals surface area contributed by atoms with Gasteiger partial charge in [0.1, 0.15) is 0 Å². The summed E-state index contributed by atoms with van der Waals surface area (Å²) in [5.74, 6) is 0.731. The van der Waals surface area contributed by atoms with Crippen molar-refractivity contribution in [3.8, 4) is 0 Å². The minimum Gasteiger partial charge on any atom is -0.392 e. The van der Waals surface area contributed by atoms with E-state index in [4.69, 9.17) is 4.74 Å². The molecular weight excluding hydrogens is 178 g/mol. The monoisotopic (exact) mass is 201 g/mol. The minimum absolute atomic E-state index is 0.144. The summed E-state index contributed by atoms with van der Waals surface area (Å²) in [6, 6.07) is 0. The third kappa shape index (κ3) is 3.95. The van der Waals surface area contributed by atoms with Gasteiger partial charge in [-0.3, -0.25) is 0 Å². The molecule has 3 heteroatoms. The fraction of sp³-hybridized carbons (Fsp3) is 1.00. The lowest BCUT2D eigenvalue weighted by Gasteiger charge is -2.32. The highest BCUT2D eigenvalue weighted by Gasteiger charge is 2.20. The topological polar surface area (TPSA) is 32.7 Å². The van der Waals surface area contributed by atoms with E-state index in [0.717, 1.165) is 38.6 Å². The van der Waals surface area contributed by atoms with E-state index in [9.17, 15) is 5.11 Å².